The second kappa shape index (κ2) is 8.93. The van der Waals surface area contributed by atoms with E-state index < -0.39 is 0 Å². The number of fused-ring (bicyclic) bond motifs is 1. The molecule has 2 heterocycles. The first-order chi connectivity index (χ1) is 15.1. The Balaban J connectivity index is 1.74. The van der Waals surface area contributed by atoms with Gasteiger partial charge in [0.05, 0.1) is 19.5 Å². The highest BCUT2D eigenvalue weighted by molar-refractivity contribution is 5.95. The van der Waals surface area contributed by atoms with Gasteiger partial charge in [0.25, 0.3) is 5.56 Å². The van der Waals surface area contributed by atoms with Crippen LogP contribution < -0.4 is 10.9 Å². The van der Waals surface area contributed by atoms with E-state index in [4.69, 9.17) is 4.74 Å². The molecule has 1 N–H and O–H groups in total. The summed E-state index contributed by atoms with van der Waals surface area (Å²) in [6.45, 7) is 0.627. The van der Waals surface area contributed by atoms with Gasteiger partial charge in [-0.25, -0.2) is 9.37 Å². The minimum absolute atomic E-state index is 0.0913. The normalized spacial score (nSPS) is 11.0. The maximum absolute atomic E-state index is 13.2. The summed E-state index contributed by atoms with van der Waals surface area (Å²) in [4.78, 5) is 30.3. The second-order valence-electron chi connectivity index (χ2n) is 7.02. The number of hydrogen-bond donors (Lipinski definition) is 1. The van der Waals surface area contributed by atoms with Crippen LogP contribution >= 0.6 is 0 Å². The van der Waals surface area contributed by atoms with Gasteiger partial charge in [-0.05, 0) is 29.8 Å². The molecule has 0 aliphatic rings. The predicted octanol–water partition coefficient (Wildman–Crippen LogP) is 3.29. The molecule has 4 rings (SSSR count). The Labute approximate surface area is 177 Å². The molecule has 0 aliphatic carbocycles. The summed E-state index contributed by atoms with van der Waals surface area (Å²) in [5.41, 5.74) is 2.75. The van der Waals surface area contributed by atoms with Crippen LogP contribution in [0.25, 0.3) is 22.2 Å². The molecule has 0 spiro atoms. The predicted molar refractivity (Wildman–Crippen MR) is 116 cm³/mol. The molecular formula is C23H21FN4O3. The minimum atomic E-state index is -0.385. The van der Waals surface area contributed by atoms with Gasteiger partial charge in [-0.2, -0.15) is 0 Å². The molecule has 0 radical (unpaired) electrons. The molecule has 0 bridgehead atoms. The van der Waals surface area contributed by atoms with Gasteiger partial charge in [-0.15, -0.1) is 0 Å². The van der Waals surface area contributed by atoms with Crippen molar-refractivity contribution in [3.63, 3.8) is 0 Å². The highest BCUT2D eigenvalue weighted by Gasteiger charge is 2.18. The molecule has 31 heavy (non-hydrogen) atoms. The van der Waals surface area contributed by atoms with Crippen LogP contribution in [0.1, 0.15) is 0 Å². The Morgan fingerprint density at radius 1 is 1.10 bits per heavy atom. The van der Waals surface area contributed by atoms with Gasteiger partial charge in [0.2, 0.25) is 5.91 Å². The number of nitrogens with one attached hydrogen (secondary N) is 1. The lowest BCUT2D eigenvalue weighted by Crippen LogP contribution is -2.26. The Hall–Kier alpha value is -3.78. The monoisotopic (exact) mass is 420 g/mol. The van der Waals surface area contributed by atoms with Crippen LogP contribution in [0.5, 0.6) is 0 Å². The average molecular weight is 420 g/mol. The number of carbonyl (C=O) groups excluding carboxylic acids is 1. The van der Waals surface area contributed by atoms with E-state index >= 15 is 0 Å². The van der Waals surface area contributed by atoms with Gasteiger partial charge < -0.3 is 14.6 Å². The quantitative estimate of drug-likeness (QED) is 0.498. The number of methoxy groups -OCH3 is 1. The molecular weight excluding hydrogens is 399 g/mol. The van der Waals surface area contributed by atoms with Crippen LogP contribution in [0.15, 0.2) is 71.9 Å². The van der Waals surface area contributed by atoms with E-state index in [1.165, 1.54) is 35.2 Å². The lowest BCUT2D eigenvalue weighted by Gasteiger charge is -2.08. The molecule has 2 aromatic heterocycles. The fraction of sp³-hybridized carbons (Fsp3) is 0.174. The molecule has 0 fully saturated rings. The molecule has 0 aliphatic heterocycles. The molecule has 8 heteroatoms. The van der Waals surface area contributed by atoms with Crippen LogP contribution in [0.2, 0.25) is 0 Å². The minimum Gasteiger partial charge on any atom is -0.383 e. The van der Waals surface area contributed by atoms with E-state index in [0.717, 1.165) is 11.1 Å². The molecule has 1 amide bonds. The lowest BCUT2D eigenvalue weighted by molar-refractivity contribution is -0.116. The van der Waals surface area contributed by atoms with Gasteiger partial charge in [-0.1, -0.05) is 30.3 Å². The highest BCUT2D eigenvalue weighted by Crippen LogP contribution is 2.27. The number of amides is 1. The number of halogens is 1. The van der Waals surface area contributed by atoms with Crippen molar-refractivity contribution in [1.29, 1.82) is 0 Å². The van der Waals surface area contributed by atoms with Crippen molar-refractivity contribution in [3.05, 3.63) is 83.3 Å². The van der Waals surface area contributed by atoms with Crippen molar-refractivity contribution in [3.8, 4) is 11.1 Å². The molecule has 0 atom stereocenters. The molecule has 4 aromatic rings. The molecule has 0 saturated carbocycles. The van der Waals surface area contributed by atoms with E-state index in [1.807, 2.05) is 30.3 Å². The topological polar surface area (TPSA) is 78.2 Å². The van der Waals surface area contributed by atoms with Crippen LogP contribution in [0.3, 0.4) is 0 Å². The number of aromatic nitrogens is 3. The summed E-state index contributed by atoms with van der Waals surface area (Å²) in [7, 11) is 1.56. The third-order valence-electron chi connectivity index (χ3n) is 4.90. The fourth-order valence-electron chi connectivity index (χ4n) is 3.41. The second-order valence-corrected chi connectivity index (χ2v) is 7.02. The van der Waals surface area contributed by atoms with E-state index in [1.54, 1.807) is 17.9 Å². The highest BCUT2D eigenvalue weighted by atomic mass is 19.1. The lowest BCUT2D eigenvalue weighted by atomic mass is 10.1. The number of carbonyl (C=O) groups is 1. The first-order valence-corrected chi connectivity index (χ1v) is 9.75. The largest absolute Gasteiger partial charge is 0.383 e. The Morgan fingerprint density at radius 2 is 1.84 bits per heavy atom. The number of hydrogen-bond acceptors (Lipinski definition) is 4. The zero-order chi connectivity index (χ0) is 21.8. The summed E-state index contributed by atoms with van der Waals surface area (Å²) in [6, 6.07) is 15.1. The maximum Gasteiger partial charge on any atom is 0.277 e. The smallest absolute Gasteiger partial charge is 0.277 e. The fourth-order valence-corrected chi connectivity index (χ4v) is 3.41. The van der Waals surface area contributed by atoms with Gasteiger partial charge in [0, 0.05) is 24.6 Å². The summed E-state index contributed by atoms with van der Waals surface area (Å²) >= 11 is 0. The van der Waals surface area contributed by atoms with Gasteiger partial charge >= 0.3 is 0 Å². The zero-order valence-corrected chi connectivity index (χ0v) is 16.9. The van der Waals surface area contributed by atoms with Crippen molar-refractivity contribution < 1.29 is 13.9 Å². The van der Waals surface area contributed by atoms with Gasteiger partial charge in [-0.3, -0.25) is 14.2 Å². The summed E-state index contributed by atoms with van der Waals surface area (Å²) in [6.07, 6.45) is 3.26. The molecule has 2 aromatic carbocycles. The first-order valence-electron chi connectivity index (χ1n) is 9.75. The first kappa shape index (κ1) is 20.5. The van der Waals surface area contributed by atoms with Crippen LogP contribution in [0, 0.1) is 5.82 Å². The summed E-state index contributed by atoms with van der Waals surface area (Å²) in [5, 5.41) is 2.72. The van der Waals surface area contributed by atoms with Crippen molar-refractivity contribution >= 4 is 22.6 Å². The van der Waals surface area contributed by atoms with Crippen LogP contribution in [0.4, 0.5) is 10.1 Å². The SMILES string of the molecule is COCCn1cnc2c(-c3ccccc3)cn(CC(=O)Nc3ccc(F)cc3)c2c1=O. The number of nitrogens with zero attached hydrogens (tertiary/aromatic N) is 3. The van der Waals surface area contributed by atoms with E-state index in [0.29, 0.717) is 29.9 Å². The Bertz CT molecular complexity index is 1260. The van der Waals surface area contributed by atoms with Crippen LogP contribution in [-0.2, 0) is 22.6 Å². The Morgan fingerprint density at radius 3 is 2.55 bits per heavy atom. The molecule has 158 valence electrons. The van der Waals surface area contributed by atoms with Crippen molar-refractivity contribution in [2.45, 2.75) is 13.1 Å². The van der Waals surface area contributed by atoms with Crippen molar-refractivity contribution in [2.75, 3.05) is 19.0 Å². The molecule has 7 nitrogen and oxygen atoms in total. The van der Waals surface area contributed by atoms with Gasteiger partial charge in [0.15, 0.2) is 0 Å². The van der Waals surface area contributed by atoms with Crippen molar-refractivity contribution in [1.82, 2.24) is 14.1 Å². The van der Waals surface area contributed by atoms with Crippen molar-refractivity contribution in [2.24, 2.45) is 0 Å². The Kier molecular flexibility index (Phi) is 5.90. The number of anilines is 1. The van der Waals surface area contributed by atoms with E-state index in [-0.39, 0.29) is 23.8 Å². The zero-order valence-electron chi connectivity index (χ0n) is 16.9. The third kappa shape index (κ3) is 4.39. The number of benzene rings is 2. The number of rotatable bonds is 7. The standard InChI is InChI=1S/C23H21FN4O3/c1-31-12-11-27-15-25-21-19(16-5-3-2-4-6-16)13-28(22(21)23(27)30)14-20(29)26-18-9-7-17(24)8-10-18/h2-10,13,15H,11-12,14H2,1H3,(H,26,29). The average Bonchev–Trinajstić information content (AvgIpc) is 3.14. The van der Waals surface area contributed by atoms with E-state index in [9.17, 15) is 14.0 Å². The number of ether oxygens (including phenoxy) is 1. The molecule has 0 unspecified atom stereocenters. The van der Waals surface area contributed by atoms with Gasteiger partial charge in [0.1, 0.15) is 23.4 Å². The van der Waals surface area contributed by atoms with Crippen LogP contribution in [-0.4, -0.2) is 33.7 Å². The maximum atomic E-state index is 13.2. The summed E-state index contributed by atoms with van der Waals surface area (Å²) in [5.74, 6) is -0.723. The third-order valence-corrected chi connectivity index (χ3v) is 4.90. The summed E-state index contributed by atoms with van der Waals surface area (Å²) < 4.78 is 21.3. The van der Waals surface area contributed by atoms with E-state index in [2.05, 4.69) is 10.3 Å². The molecule has 0 saturated heterocycles.